The second-order valence-corrected chi connectivity index (χ2v) is 2.16. The molecule has 0 unspecified atom stereocenters. The first-order valence-corrected chi connectivity index (χ1v) is 2.72. The van der Waals surface area contributed by atoms with Gasteiger partial charge in [0.25, 0.3) is 0 Å². The van der Waals surface area contributed by atoms with Gasteiger partial charge in [-0.3, -0.25) is 0 Å². The molecule has 44 valence electrons. The van der Waals surface area contributed by atoms with Crippen molar-refractivity contribution >= 4 is 0 Å². The van der Waals surface area contributed by atoms with Crippen LogP contribution in [-0.2, 0) is 7.05 Å². The predicted octanol–water partition coefficient (Wildman–Crippen LogP) is 0.456. The Bertz CT molecular complexity index is 169. The number of aromatic nitrogens is 2. The first-order chi connectivity index (χ1) is 3.70. The van der Waals surface area contributed by atoms with E-state index in [0.29, 0.717) is 0 Å². The summed E-state index contributed by atoms with van der Waals surface area (Å²) in [6, 6.07) is 0. The van der Waals surface area contributed by atoms with Crippen molar-refractivity contribution in [2.45, 2.75) is 13.8 Å². The van der Waals surface area contributed by atoms with E-state index in [1.54, 1.807) is 0 Å². The van der Waals surface area contributed by atoms with Crippen LogP contribution < -0.4 is 4.68 Å². The number of rotatable bonds is 0. The first kappa shape index (κ1) is 5.35. The molecule has 8 heavy (non-hydrogen) atoms. The molecule has 2 nitrogen and oxygen atoms in total. The van der Waals surface area contributed by atoms with Crippen LogP contribution in [0.2, 0.25) is 0 Å². The largest absolute Gasteiger partial charge is 0.198 e. The van der Waals surface area contributed by atoms with Crippen molar-refractivity contribution in [3.8, 4) is 0 Å². The maximum absolute atomic E-state index is 3.12. The fourth-order valence-electron chi connectivity index (χ4n) is 0.772. The molecule has 0 aliphatic rings. The fraction of sp³-hybridized carbons (Fsp3) is 0.500. The van der Waals surface area contributed by atoms with Gasteiger partial charge in [-0.2, -0.15) is 5.10 Å². The van der Waals surface area contributed by atoms with E-state index in [0.717, 1.165) is 0 Å². The Balaban J connectivity index is 3.14. The van der Waals surface area contributed by atoms with Crippen LogP contribution >= 0.6 is 0 Å². The minimum atomic E-state index is 1.24. The molecule has 0 fully saturated rings. The number of aromatic amines is 1. The number of aryl methyl sites for hydroxylation is 3. The molecular weight excluding hydrogens is 100 g/mol. The number of hydrogen-bond acceptors (Lipinski definition) is 0. The predicted molar refractivity (Wildman–Crippen MR) is 31.4 cm³/mol. The Morgan fingerprint density at radius 3 is 2.25 bits per heavy atom. The summed E-state index contributed by atoms with van der Waals surface area (Å²) < 4.78 is 1.95. The molecule has 0 spiro atoms. The first-order valence-electron chi connectivity index (χ1n) is 2.72. The van der Waals surface area contributed by atoms with Crippen molar-refractivity contribution in [2.24, 2.45) is 7.05 Å². The minimum Gasteiger partial charge on any atom is -0.170 e. The SMILES string of the molecule is Cc1c[n+](C)[nH]c1C. The van der Waals surface area contributed by atoms with Gasteiger partial charge in [0.1, 0.15) is 0 Å². The normalized spacial score (nSPS) is 9.88. The van der Waals surface area contributed by atoms with Gasteiger partial charge in [-0.15, -0.1) is 4.68 Å². The molecule has 0 bridgehead atoms. The van der Waals surface area contributed by atoms with Crippen LogP contribution in [0.4, 0.5) is 0 Å². The van der Waals surface area contributed by atoms with E-state index < -0.39 is 0 Å². The van der Waals surface area contributed by atoms with Crippen molar-refractivity contribution in [3.05, 3.63) is 17.5 Å². The summed E-state index contributed by atoms with van der Waals surface area (Å²) in [5, 5.41) is 3.12. The van der Waals surface area contributed by atoms with Crippen LogP contribution in [0.15, 0.2) is 6.20 Å². The van der Waals surface area contributed by atoms with Crippen LogP contribution in [-0.4, -0.2) is 5.10 Å². The van der Waals surface area contributed by atoms with Crippen molar-refractivity contribution in [1.29, 1.82) is 0 Å². The van der Waals surface area contributed by atoms with Gasteiger partial charge in [0, 0.05) is 5.56 Å². The van der Waals surface area contributed by atoms with Crippen LogP contribution in [0.1, 0.15) is 11.3 Å². The minimum absolute atomic E-state index is 1.24. The lowest BCUT2D eigenvalue weighted by atomic mass is 10.3. The molecule has 0 saturated carbocycles. The van der Waals surface area contributed by atoms with E-state index in [9.17, 15) is 0 Å². The zero-order valence-electron chi connectivity index (χ0n) is 5.52. The zero-order valence-corrected chi connectivity index (χ0v) is 5.52. The summed E-state index contributed by atoms with van der Waals surface area (Å²) >= 11 is 0. The van der Waals surface area contributed by atoms with E-state index in [1.807, 2.05) is 11.7 Å². The standard InChI is InChI=1S/C6H10N2/c1-5-4-8(3)7-6(5)2/h4H,1-3H3/p+1. The van der Waals surface area contributed by atoms with Gasteiger partial charge in [-0.25, -0.2) is 0 Å². The highest BCUT2D eigenvalue weighted by Crippen LogP contribution is 1.95. The highest BCUT2D eigenvalue weighted by Gasteiger charge is 1.99. The quantitative estimate of drug-likeness (QED) is 0.469. The third-order valence-electron chi connectivity index (χ3n) is 1.32. The number of hydrogen-bond donors (Lipinski definition) is 1. The van der Waals surface area contributed by atoms with Gasteiger partial charge in [0.2, 0.25) is 0 Å². The second-order valence-electron chi connectivity index (χ2n) is 2.16. The smallest absolute Gasteiger partial charge is 0.170 e. The molecule has 1 aromatic rings. The van der Waals surface area contributed by atoms with Gasteiger partial charge in [-0.1, -0.05) is 0 Å². The fourth-order valence-corrected chi connectivity index (χ4v) is 0.772. The lowest BCUT2D eigenvalue weighted by Gasteiger charge is -1.75. The van der Waals surface area contributed by atoms with Crippen molar-refractivity contribution in [2.75, 3.05) is 0 Å². The number of H-pyrrole nitrogens is 1. The Hall–Kier alpha value is -0.790. The molecular formula is C6H11N2+. The van der Waals surface area contributed by atoms with Gasteiger partial charge >= 0.3 is 0 Å². The third-order valence-corrected chi connectivity index (χ3v) is 1.32. The van der Waals surface area contributed by atoms with E-state index in [-0.39, 0.29) is 0 Å². The lowest BCUT2D eigenvalue weighted by molar-refractivity contribution is -0.727. The van der Waals surface area contributed by atoms with Gasteiger partial charge in [0.15, 0.2) is 13.2 Å². The summed E-state index contributed by atoms with van der Waals surface area (Å²) in [4.78, 5) is 0. The Labute approximate surface area is 49.1 Å². The molecule has 0 aliphatic heterocycles. The molecule has 2 heteroatoms. The Kier molecular flexibility index (Phi) is 1.08. The molecule has 0 radical (unpaired) electrons. The van der Waals surface area contributed by atoms with Crippen molar-refractivity contribution in [1.82, 2.24) is 5.10 Å². The van der Waals surface area contributed by atoms with Crippen LogP contribution in [0.25, 0.3) is 0 Å². The van der Waals surface area contributed by atoms with Gasteiger partial charge in [0.05, 0.1) is 5.69 Å². The van der Waals surface area contributed by atoms with Crippen LogP contribution in [0.3, 0.4) is 0 Å². The van der Waals surface area contributed by atoms with E-state index in [2.05, 4.69) is 25.1 Å². The Morgan fingerprint density at radius 2 is 2.12 bits per heavy atom. The van der Waals surface area contributed by atoms with Crippen LogP contribution in [0, 0.1) is 13.8 Å². The molecule has 0 aromatic carbocycles. The topological polar surface area (TPSA) is 19.7 Å². The molecule has 0 amide bonds. The molecule has 1 N–H and O–H groups in total. The maximum atomic E-state index is 3.12. The maximum Gasteiger partial charge on any atom is 0.198 e. The third kappa shape index (κ3) is 0.735. The number of nitrogens with zero attached hydrogens (tertiary/aromatic N) is 1. The van der Waals surface area contributed by atoms with Gasteiger partial charge in [-0.05, 0) is 13.8 Å². The molecule has 0 saturated heterocycles. The van der Waals surface area contributed by atoms with E-state index in [1.165, 1.54) is 11.3 Å². The zero-order chi connectivity index (χ0) is 6.15. The summed E-state index contributed by atoms with van der Waals surface area (Å²) in [5.74, 6) is 0. The lowest BCUT2D eigenvalue weighted by Crippen LogP contribution is -2.28. The summed E-state index contributed by atoms with van der Waals surface area (Å²) in [6.45, 7) is 4.15. The molecule has 0 atom stereocenters. The molecule has 1 heterocycles. The second kappa shape index (κ2) is 1.62. The highest BCUT2D eigenvalue weighted by atomic mass is 15.2. The Morgan fingerprint density at radius 1 is 1.50 bits per heavy atom. The summed E-state index contributed by atoms with van der Waals surface area (Å²) in [7, 11) is 1.99. The summed E-state index contributed by atoms with van der Waals surface area (Å²) in [6.07, 6.45) is 2.06. The molecule has 1 aromatic heterocycles. The van der Waals surface area contributed by atoms with Crippen molar-refractivity contribution in [3.63, 3.8) is 0 Å². The van der Waals surface area contributed by atoms with E-state index in [4.69, 9.17) is 0 Å². The van der Waals surface area contributed by atoms with Gasteiger partial charge < -0.3 is 0 Å². The van der Waals surface area contributed by atoms with E-state index >= 15 is 0 Å². The average Bonchev–Trinajstić information content (AvgIpc) is 1.85. The monoisotopic (exact) mass is 111 g/mol. The van der Waals surface area contributed by atoms with Crippen molar-refractivity contribution < 1.29 is 4.68 Å². The highest BCUT2D eigenvalue weighted by molar-refractivity contribution is 5.07. The molecule has 1 rings (SSSR count). The summed E-state index contributed by atoms with van der Waals surface area (Å²) in [5.41, 5.74) is 2.56. The van der Waals surface area contributed by atoms with Crippen LogP contribution in [0.5, 0.6) is 0 Å². The molecule has 0 aliphatic carbocycles. The number of nitrogens with one attached hydrogen (secondary N) is 1. The average molecular weight is 111 g/mol.